The van der Waals surface area contributed by atoms with Crippen LogP contribution in [0.1, 0.15) is 71.9 Å². The average molecular weight is 293 g/mol. The number of hydrogen-bond acceptors (Lipinski definition) is 0. The van der Waals surface area contributed by atoms with E-state index in [2.05, 4.69) is 48.5 Å². The first-order valence-electron chi connectivity index (χ1n) is 7.89. The van der Waals surface area contributed by atoms with Gasteiger partial charge in [0.2, 0.25) is 0 Å². The molecule has 0 saturated heterocycles. The average Bonchev–Trinajstić information content (AvgIpc) is 2.73. The molecule has 1 fully saturated rings. The fourth-order valence-electron chi connectivity index (χ4n) is 4.04. The number of rotatable bonds is 2. The normalized spacial score (nSPS) is 23.1. The first-order chi connectivity index (χ1) is 9.18. The van der Waals surface area contributed by atoms with Crippen molar-refractivity contribution in [3.05, 3.63) is 33.4 Å². The molecule has 0 heterocycles. The van der Waals surface area contributed by atoms with Crippen molar-refractivity contribution in [3.8, 4) is 0 Å². The van der Waals surface area contributed by atoms with Crippen LogP contribution in [-0.4, -0.2) is 0 Å². The number of hydrogen-bond donors (Lipinski definition) is 0. The molecule has 112 valence electrons. The molecule has 0 radical (unpaired) electrons. The first kappa shape index (κ1) is 15.9. The first-order valence-corrected chi connectivity index (χ1v) is 8.33. The van der Waals surface area contributed by atoms with Crippen molar-refractivity contribution in [2.45, 2.75) is 73.1 Å². The monoisotopic (exact) mass is 292 g/mol. The van der Waals surface area contributed by atoms with Crippen LogP contribution in [0.2, 0.25) is 0 Å². The minimum absolute atomic E-state index is 0.158. The molecule has 1 heteroatoms. The Kier molecular flexibility index (Phi) is 4.27. The van der Waals surface area contributed by atoms with Crippen molar-refractivity contribution < 1.29 is 0 Å². The van der Waals surface area contributed by atoms with E-state index in [1.165, 1.54) is 52.6 Å². The highest BCUT2D eigenvalue weighted by molar-refractivity contribution is 6.21. The molecule has 2 atom stereocenters. The molecule has 2 unspecified atom stereocenters. The molecule has 0 nitrogen and oxygen atoms in total. The lowest BCUT2D eigenvalue weighted by molar-refractivity contribution is 0.251. The van der Waals surface area contributed by atoms with E-state index < -0.39 is 0 Å². The largest absolute Gasteiger partial charge is 0.117 e. The molecule has 1 aromatic rings. The Bertz CT molecular complexity index is 496. The molecule has 0 amide bonds. The zero-order chi connectivity index (χ0) is 15.2. The van der Waals surface area contributed by atoms with Crippen LogP contribution in [-0.2, 0) is 0 Å². The van der Waals surface area contributed by atoms with Crippen LogP contribution in [0.25, 0.3) is 0 Å². The van der Waals surface area contributed by atoms with E-state index in [-0.39, 0.29) is 5.38 Å². The molecule has 2 rings (SSSR count). The summed E-state index contributed by atoms with van der Waals surface area (Å²) in [6.07, 6.45) is 3.90. The highest BCUT2D eigenvalue weighted by Gasteiger charge is 2.40. The smallest absolute Gasteiger partial charge is 0.0623 e. The maximum absolute atomic E-state index is 7.00. The third kappa shape index (κ3) is 2.41. The van der Waals surface area contributed by atoms with Gasteiger partial charge in [0.1, 0.15) is 0 Å². The van der Waals surface area contributed by atoms with Gasteiger partial charge in [0.15, 0.2) is 0 Å². The summed E-state index contributed by atoms with van der Waals surface area (Å²) >= 11 is 7.00. The van der Waals surface area contributed by atoms with E-state index in [1.807, 2.05) is 0 Å². The van der Waals surface area contributed by atoms with Gasteiger partial charge in [-0.15, -0.1) is 11.6 Å². The van der Waals surface area contributed by atoms with Gasteiger partial charge in [-0.05, 0) is 92.2 Å². The molecular formula is C19H29Cl. The lowest BCUT2D eigenvalue weighted by atomic mass is 9.75. The van der Waals surface area contributed by atoms with Gasteiger partial charge in [-0.3, -0.25) is 0 Å². The van der Waals surface area contributed by atoms with E-state index in [9.17, 15) is 0 Å². The molecule has 0 spiro atoms. The van der Waals surface area contributed by atoms with E-state index in [1.54, 1.807) is 0 Å². The van der Waals surface area contributed by atoms with Crippen molar-refractivity contribution in [3.63, 3.8) is 0 Å². The van der Waals surface area contributed by atoms with Crippen LogP contribution in [0.5, 0.6) is 0 Å². The van der Waals surface area contributed by atoms with Crippen molar-refractivity contribution in [2.75, 3.05) is 0 Å². The summed E-state index contributed by atoms with van der Waals surface area (Å²) in [5, 5.41) is 0.158. The summed E-state index contributed by atoms with van der Waals surface area (Å²) in [5.74, 6) is 0.600. The Balaban J connectivity index is 2.53. The van der Waals surface area contributed by atoms with Gasteiger partial charge in [-0.2, -0.15) is 0 Å². The second-order valence-electron chi connectivity index (χ2n) is 7.43. The Hall–Kier alpha value is -0.490. The van der Waals surface area contributed by atoms with Crippen molar-refractivity contribution >= 4 is 11.6 Å². The predicted molar refractivity (Wildman–Crippen MR) is 89.8 cm³/mol. The van der Waals surface area contributed by atoms with E-state index in [0.29, 0.717) is 11.3 Å². The van der Waals surface area contributed by atoms with Crippen LogP contribution >= 0.6 is 11.6 Å². The van der Waals surface area contributed by atoms with E-state index in [4.69, 9.17) is 11.6 Å². The molecule has 0 bridgehead atoms. The van der Waals surface area contributed by atoms with Gasteiger partial charge >= 0.3 is 0 Å². The summed E-state index contributed by atoms with van der Waals surface area (Å²) in [6.45, 7) is 16.0. The second kappa shape index (κ2) is 5.37. The van der Waals surface area contributed by atoms with E-state index in [0.717, 1.165) is 0 Å². The Morgan fingerprint density at radius 1 is 0.900 bits per heavy atom. The predicted octanol–water partition coefficient (Wildman–Crippen LogP) is 6.33. The fraction of sp³-hybridized carbons (Fsp3) is 0.684. The maximum Gasteiger partial charge on any atom is 0.0623 e. The third-order valence-electron chi connectivity index (χ3n) is 6.03. The van der Waals surface area contributed by atoms with Crippen LogP contribution in [0, 0.1) is 46.0 Å². The molecule has 20 heavy (non-hydrogen) atoms. The van der Waals surface area contributed by atoms with Crippen LogP contribution in [0.3, 0.4) is 0 Å². The lowest BCUT2D eigenvalue weighted by Crippen LogP contribution is -2.23. The van der Waals surface area contributed by atoms with Gasteiger partial charge in [0.05, 0.1) is 5.38 Å². The molecule has 0 aromatic heterocycles. The highest BCUT2D eigenvalue weighted by Crippen LogP contribution is 2.52. The van der Waals surface area contributed by atoms with Crippen LogP contribution in [0.15, 0.2) is 0 Å². The molecule has 1 aliphatic rings. The Labute approximate surface area is 129 Å². The summed E-state index contributed by atoms with van der Waals surface area (Å²) in [4.78, 5) is 0. The van der Waals surface area contributed by atoms with Gasteiger partial charge in [0.25, 0.3) is 0 Å². The molecule has 1 saturated carbocycles. The standard InChI is InChI=1S/C19H29Cl/c1-11-12(2)14(4)17(15(5)13(11)3)18(20)16-9-8-10-19(16,6)7/h16,18H,8-10H2,1-7H3. The van der Waals surface area contributed by atoms with Gasteiger partial charge in [0, 0.05) is 0 Å². The summed E-state index contributed by atoms with van der Waals surface area (Å²) < 4.78 is 0. The van der Waals surface area contributed by atoms with Crippen LogP contribution < -0.4 is 0 Å². The molecule has 1 aliphatic carbocycles. The van der Waals surface area contributed by atoms with Crippen molar-refractivity contribution in [1.82, 2.24) is 0 Å². The maximum atomic E-state index is 7.00. The van der Waals surface area contributed by atoms with Gasteiger partial charge < -0.3 is 0 Å². The second-order valence-corrected chi connectivity index (χ2v) is 7.90. The fourth-order valence-corrected chi connectivity index (χ4v) is 4.83. The summed E-state index contributed by atoms with van der Waals surface area (Å²) in [6, 6.07) is 0. The van der Waals surface area contributed by atoms with Crippen molar-refractivity contribution in [2.24, 2.45) is 11.3 Å². The summed E-state index contributed by atoms with van der Waals surface area (Å²) in [7, 11) is 0. The van der Waals surface area contributed by atoms with E-state index >= 15 is 0 Å². The lowest BCUT2D eigenvalue weighted by Gasteiger charge is -2.33. The highest BCUT2D eigenvalue weighted by atomic mass is 35.5. The van der Waals surface area contributed by atoms with Gasteiger partial charge in [-0.25, -0.2) is 0 Å². The molecule has 0 N–H and O–H groups in total. The zero-order valence-electron chi connectivity index (χ0n) is 14.2. The third-order valence-corrected chi connectivity index (χ3v) is 6.55. The topological polar surface area (TPSA) is 0 Å². The number of halogens is 1. The SMILES string of the molecule is Cc1c(C)c(C)c(C(Cl)C2CCCC2(C)C)c(C)c1C. The Morgan fingerprint density at radius 2 is 1.35 bits per heavy atom. The van der Waals surface area contributed by atoms with Gasteiger partial charge in [-0.1, -0.05) is 20.3 Å². The number of benzene rings is 1. The quantitative estimate of drug-likeness (QED) is 0.558. The molecule has 1 aromatic carbocycles. The van der Waals surface area contributed by atoms with Crippen molar-refractivity contribution in [1.29, 1.82) is 0 Å². The Morgan fingerprint density at radius 3 is 1.75 bits per heavy atom. The summed E-state index contributed by atoms with van der Waals surface area (Å²) in [5.41, 5.74) is 8.87. The minimum Gasteiger partial charge on any atom is -0.117 e. The number of alkyl halides is 1. The minimum atomic E-state index is 0.158. The molecule has 0 aliphatic heterocycles. The zero-order valence-corrected chi connectivity index (χ0v) is 14.9. The van der Waals surface area contributed by atoms with Crippen LogP contribution in [0.4, 0.5) is 0 Å². The molecular weight excluding hydrogens is 264 g/mol.